The summed E-state index contributed by atoms with van der Waals surface area (Å²) in [6, 6.07) is 15.3. The van der Waals surface area contributed by atoms with Gasteiger partial charge in [-0.25, -0.2) is 9.37 Å². The van der Waals surface area contributed by atoms with E-state index in [1.54, 1.807) is 6.07 Å². The highest BCUT2D eigenvalue weighted by Crippen LogP contribution is 2.34. The van der Waals surface area contributed by atoms with Gasteiger partial charge in [0.15, 0.2) is 0 Å². The Kier molecular flexibility index (Phi) is 3.86. The van der Waals surface area contributed by atoms with Gasteiger partial charge in [0.05, 0.1) is 17.6 Å². The van der Waals surface area contributed by atoms with Gasteiger partial charge >= 0.3 is 0 Å². The van der Waals surface area contributed by atoms with Gasteiger partial charge in [0.25, 0.3) is 0 Å². The highest BCUT2D eigenvalue weighted by atomic mass is 19.1. The Hall–Kier alpha value is -2.16. The number of para-hydroxylation sites is 2. The molecule has 118 valence electrons. The molecular weight excluding hydrogens is 287 g/mol. The molecule has 0 atom stereocenters. The molecule has 0 spiro atoms. The second-order valence-corrected chi connectivity index (χ2v) is 6.47. The zero-order valence-electron chi connectivity index (χ0n) is 13.2. The lowest BCUT2D eigenvalue weighted by atomic mass is 9.88. The monoisotopic (exact) mass is 308 g/mol. The summed E-state index contributed by atoms with van der Waals surface area (Å²) in [6.45, 7) is 0.555. The molecule has 0 saturated heterocycles. The average Bonchev–Trinajstić information content (AvgIpc) is 2.96. The van der Waals surface area contributed by atoms with E-state index in [2.05, 4.69) is 16.7 Å². The lowest BCUT2D eigenvalue weighted by molar-refractivity contribution is 0.419. The van der Waals surface area contributed by atoms with Crippen molar-refractivity contribution >= 4 is 11.0 Å². The highest BCUT2D eigenvalue weighted by Gasteiger charge is 2.22. The zero-order valence-corrected chi connectivity index (χ0v) is 13.2. The van der Waals surface area contributed by atoms with Crippen LogP contribution in [-0.2, 0) is 6.54 Å². The minimum atomic E-state index is -0.139. The molecule has 0 aliphatic heterocycles. The molecule has 1 aromatic heterocycles. The van der Waals surface area contributed by atoms with Crippen LogP contribution in [0.25, 0.3) is 11.0 Å². The molecule has 1 heterocycles. The van der Waals surface area contributed by atoms with Crippen LogP contribution in [0.4, 0.5) is 4.39 Å². The molecule has 0 N–H and O–H groups in total. The summed E-state index contributed by atoms with van der Waals surface area (Å²) in [4.78, 5) is 4.90. The number of hydrogen-bond acceptors (Lipinski definition) is 1. The Bertz CT molecular complexity index is 815. The Morgan fingerprint density at radius 2 is 1.70 bits per heavy atom. The Morgan fingerprint density at radius 1 is 0.957 bits per heavy atom. The quantitative estimate of drug-likeness (QED) is 0.644. The molecule has 4 rings (SSSR count). The predicted molar refractivity (Wildman–Crippen MR) is 91.1 cm³/mol. The first-order valence-electron chi connectivity index (χ1n) is 8.51. The van der Waals surface area contributed by atoms with Gasteiger partial charge in [-0.2, -0.15) is 0 Å². The first-order valence-corrected chi connectivity index (χ1v) is 8.51. The Morgan fingerprint density at radius 3 is 2.52 bits per heavy atom. The SMILES string of the molecule is Fc1ccccc1Cn1c(C2CCCCC2)nc2ccccc21. The van der Waals surface area contributed by atoms with Gasteiger partial charge < -0.3 is 4.57 Å². The maximum absolute atomic E-state index is 14.1. The molecule has 0 bridgehead atoms. The number of benzene rings is 2. The van der Waals surface area contributed by atoms with Gasteiger partial charge in [-0.15, -0.1) is 0 Å². The number of imidazole rings is 1. The third-order valence-electron chi connectivity index (χ3n) is 4.94. The van der Waals surface area contributed by atoms with Crippen molar-refractivity contribution in [1.29, 1.82) is 0 Å². The van der Waals surface area contributed by atoms with Crippen molar-refractivity contribution in [1.82, 2.24) is 9.55 Å². The second kappa shape index (κ2) is 6.15. The minimum absolute atomic E-state index is 0.139. The van der Waals surface area contributed by atoms with Gasteiger partial charge in [-0.3, -0.25) is 0 Å². The smallest absolute Gasteiger partial charge is 0.128 e. The number of rotatable bonds is 3. The molecule has 1 aliphatic rings. The Labute approximate surface area is 136 Å². The van der Waals surface area contributed by atoms with Crippen molar-refractivity contribution in [2.24, 2.45) is 0 Å². The molecule has 1 fully saturated rings. The summed E-state index contributed by atoms with van der Waals surface area (Å²) in [5, 5.41) is 0. The van der Waals surface area contributed by atoms with Crippen molar-refractivity contribution in [3.63, 3.8) is 0 Å². The number of hydrogen-bond donors (Lipinski definition) is 0. The third kappa shape index (κ3) is 2.76. The van der Waals surface area contributed by atoms with Crippen molar-refractivity contribution < 1.29 is 4.39 Å². The first kappa shape index (κ1) is 14.4. The van der Waals surface area contributed by atoms with Crippen LogP contribution in [0.15, 0.2) is 48.5 Å². The van der Waals surface area contributed by atoms with Crippen molar-refractivity contribution in [3.05, 3.63) is 65.7 Å². The fourth-order valence-corrected chi connectivity index (χ4v) is 3.73. The lowest BCUT2D eigenvalue weighted by Gasteiger charge is -2.22. The molecule has 1 aliphatic carbocycles. The number of fused-ring (bicyclic) bond motifs is 1. The molecule has 0 amide bonds. The number of aromatic nitrogens is 2. The molecule has 0 radical (unpaired) electrons. The summed E-state index contributed by atoms with van der Waals surface area (Å²) < 4.78 is 16.3. The molecular formula is C20H21FN2. The highest BCUT2D eigenvalue weighted by molar-refractivity contribution is 5.76. The molecule has 1 saturated carbocycles. The van der Waals surface area contributed by atoms with E-state index in [9.17, 15) is 4.39 Å². The second-order valence-electron chi connectivity index (χ2n) is 6.47. The van der Waals surface area contributed by atoms with E-state index in [1.165, 1.54) is 38.2 Å². The van der Waals surface area contributed by atoms with E-state index < -0.39 is 0 Å². The van der Waals surface area contributed by atoms with Crippen LogP contribution < -0.4 is 0 Å². The van der Waals surface area contributed by atoms with Crippen LogP contribution in [0.2, 0.25) is 0 Å². The molecule has 0 unspecified atom stereocenters. The average molecular weight is 308 g/mol. The van der Waals surface area contributed by atoms with E-state index >= 15 is 0 Å². The summed E-state index contributed by atoms with van der Waals surface area (Å²) in [5.74, 6) is 1.50. The van der Waals surface area contributed by atoms with Crippen LogP contribution in [0.3, 0.4) is 0 Å². The van der Waals surface area contributed by atoms with Crippen LogP contribution in [-0.4, -0.2) is 9.55 Å². The fourth-order valence-electron chi connectivity index (χ4n) is 3.73. The first-order chi connectivity index (χ1) is 11.3. The van der Waals surface area contributed by atoms with Gasteiger partial charge in [-0.05, 0) is 31.0 Å². The fraction of sp³-hybridized carbons (Fsp3) is 0.350. The van der Waals surface area contributed by atoms with Crippen LogP contribution >= 0.6 is 0 Å². The van der Waals surface area contributed by atoms with E-state index in [1.807, 2.05) is 24.3 Å². The topological polar surface area (TPSA) is 17.8 Å². The van der Waals surface area contributed by atoms with E-state index in [4.69, 9.17) is 4.98 Å². The molecule has 2 aromatic carbocycles. The van der Waals surface area contributed by atoms with Gasteiger partial charge in [0.1, 0.15) is 11.6 Å². The Balaban J connectivity index is 1.81. The van der Waals surface area contributed by atoms with Gasteiger partial charge in [0.2, 0.25) is 0 Å². The van der Waals surface area contributed by atoms with Crippen molar-refractivity contribution in [3.8, 4) is 0 Å². The van der Waals surface area contributed by atoms with E-state index in [0.29, 0.717) is 12.5 Å². The zero-order chi connectivity index (χ0) is 15.6. The van der Waals surface area contributed by atoms with Crippen LogP contribution in [0.1, 0.15) is 49.4 Å². The molecule has 3 heteroatoms. The van der Waals surface area contributed by atoms with E-state index in [0.717, 1.165) is 22.4 Å². The summed E-state index contributed by atoms with van der Waals surface area (Å²) >= 11 is 0. The van der Waals surface area contributed by atoms with Gasteiger partial charge in [0, 0.05) is 11.5 Å². The lowest BCUT2D eigenvalue weighted by Crippen LogP contribution is -2.13. The molecule has 3 aromatic rings. The summed E-state index contributed by atoms with van der Waals surface area (Å²) in [6.07, 6.45) is 6.26. The normalized spacial score (nSPS) is 16.0. The largest absolute Gasteiger partial charge is 0.323 e. The standard InChI is InChI=1S/C20H21FN2/c21-17-11-5-4-10-16(17)14-23-19-13-7-6-12-18(19)22-20(23)15-8-2-1-3-9-15/h4-7,10-13,15H,1-3,8-9,14H2. The predicted octanol–water partition coefficient (Wildman–Crippen LogP) is 5.27. The third-order valence-corrected chi connectivity index (χ3v) is 4.94. The van der Waals surface area contributed by atoms with Crippen molar-refractivity contribution in [2.75, 3.05) is 0 Å². The van der Waals surface area contributed by atoms with Crippen molar-refractivity contribution in [2.45, 2.75) is 44.6 Å². The number of halogens is 1. The maximum Gasteiger partial charge on any atom is 0.128 e. The minimum Gasteiger partial charge on any atom is -0.323 e. The summed E-state index contributed by atoms with van der Waals surface area (Å²) in [7, 11) is 0. The molecule has 2 nitrogen and oxygen atoms in total. The summed E-state index contributed by atoms with van der Waals surface area (Å²) in [5.41, 5.74) is 2.86. The van der Waals surface area contributed by atoms with E-state index in [-0.39, 0.29) is 5.82 Å². The van der Waals surface area contributed by atoms with Crippen LogP contribution in [0, 0.1) is 5.82 Å². The maximum atomic E-state index is 14.1. The molecule has 23 heavy (non-hydrogen) atoms. The van der Waals surface area contributed by atoms with Gasteiger partial charge in [-0.1, -0.05) is 49.6 Å². The van der Waals surface area contributed by atoms with Crippen LogP contribution in [0.5, 0.6) is 0 Å². The number of nitrogens with zero attached hydrogens (tertiary/aromatic N) is 2.